The highest BCUT2D eigenvalue weighted by atomic mass is 15.3. The van der Waals surface area contributed by atoms with E-state index < -0.39 is 0 Å². The molecule has 1 heterocycles. The lowest BCUT2D eigenvalue weighted by atomic mass is 10.2. The summed E-state index contributed by atoms with van der Waals surface area (Å²) in [5.74, 6) is 0. The molecule has 0 atom stereocenters. The predicted octanol–water partition coefficient (Wildman–Crippen LogP) is 1.30. The van der Waals surface area contributed by atoms with Crippen molar-refractivity contribution < 1.29 is 0 Å². The summed E-state index contributed by atoms with van der Waals surface area (Å²) < 4.78 is 1.88. The van der Waals surface area contributed by atoms with E-state index in [0.717, 1.165) is 24.8 Å². The third kappa shape index (κ3) is 3.54. The summed E-state index contributed by atoms with van der Waals surface area (Å²) in [6, 6.07) is 0.877. The first-order valence-electron chi connectivity index (χ1n) is 6.64. The van der Waals surface area contributed by atoms with Gasteiger partial charge in [0, 0.05) is 44.5 Å². The molecule has 1 fully saturated rings. The second kappa shape index (κ2) is 5.65. The fourth-order valence-electron chi connectivity index (χ4n) is 2.31. The summed E-state index contributed by atoms with van der Waals surface area (Å²) >= 11 is 0. The van der Waals surface area contributed by atoms with Gasteiger partial charge in [-0.1, -0.05) is 6.92 Å². The van der Waals surface area contributed by atoms with Crippen molar-refractivity contribution in [2.24, 2.45) is 7.05 Å². The highest BCUT2D eigenvalue weighted by molar-refractivity contribution is 5.14. The van der Waals surface area contributed by atoms with Crippen molar-refractivity contribution >= 4 is 0 Å². The van der Waals surface area contributed by atoms with Crippen molar-refractivity contribution in [2.75, 3.05) is 19.6 Å². The number of nitrogens with zero attached hydrogens (tertiary/aromatic N) is 3. The van der Waals surface area contributed by atoms with E-state index in [0.29, 0.717) is 0 Å². The zero-order valence-corrected chi connectivity index (χ0v) is 11.2. The van der Waals surface area contributed by atoms with E-state index in [4.69, 9.17) is 0 Å². The Labute approximate surface area is 104 Å². The van der Waals surface area contributed by atoms with Crippen LogP contribution in [0.3, 0.4) is 0 Å². The number of rotatable bonds is 7. The third-order valence-corrected chi connectivity index (χ3v) is 3.48. The molecule has 2 rings (SSSR count). The molecule has 4 heteroatoms. The summed E-state index contributed by atoms with van der Waals surface area (Å²) in [4.78, 5) is 2.57. The monoisotopic (exact) mass is 236 g/mol. The molecular weight excluding hydrogens is 212 g/mol. The molecule has 0 spiro atoms. The summed E-state index contributed by atoms with van der Waals surface area (Å²) in [7, 11) is 1.97. The summed E-state index contributed by atoms with van der Waals surface area (Å²) in [5.41, 5.74) is 2.44. The first-order valence-corrected chi connectivity index (χ1v) is 6.64. The highest BCUT2D eigenvalue weighted by Crippen LogP contribution is 2.25. The van der Waals surface area contributed by atoms with Crippen molar-refractivity contribution in [2.45, 2.75) is 39.3 Å². The van der Waals surface area contributed by atoms with E-state index in [-0.39, 0.29) is 0 Å². The number of hydrogen-bond donors (Lipinski definition) is 1. The molecule has 0 radical (unpaired) electrons. The van der Waals surface area contributed by atoms with Crippen LogP contribution in [0.15, 0.2) is 6.20 Å². The Morgan fingerprint density at radius 2 is 2.29 bits per heavy atom. The second-order valence-electron chi connectivity index (χ2n) is 4.95. The predicted molar refractivity (Wildman–Crippen MR) is 69.9 cm³/mol. The molecular formula is C13H24N4. The zero-order chi connectivity index (χ0) is 12.3. The molecule has 1 N–H and O–H groups in total. The molecule has 96 valence electrons. The Morgan fingerprint density at radius 3 is 2.82 bits per heavy atom. The molecule has 0 aliphatic heterocycles. The largest absolute Gasteiger partial charge is 0.311 e. The van der Waals surface area contributed by atoms with Gasteiger partial charge >= 0.3 is 0 Å². The molecule has 1 aliphatic carbocycles. The zero-order valence-electron chi connectivity index (χ0n) is 11.2. The average molecular weight is 236 g/mol. The lowest BCUT2D eigenvalue weighted by Gasteiger charge is -2.19. The molecule has 1 aromatic rings. The van der Waals surface area contributed by atoms with Gasteiger partial charge in [0.25, 0.3) is 0 Å². The van der Waals surface area contributed by atoms with E-state index in [1.165, 1.54) is 31.5 Å². The van der Waals surface area contributed by atoms with Gasteiger partial charge < -0.3 is 5.32 Å². The Bertz CT molecular complexity index is 354. The SMILES string of the molecule is CCN(CCNCc1cn(C)nc1C)C1CC1. The van der Waals surface area contributed by atoms with Crippen molar-refractivity contribution in [3.8, 4) is 0 Å². The van der Waals surface area contributed by atoms with Gasteiger partial charge in [-0.3, -0.25) is 9.58 Å². The molecule has 0 unspecified atom stereocenters. The maximum absolute atomic E-state index is 4.35. The maximum atomic E-state index is 4.35. The van der Waals surface area contributed by atoms with Gasteiger partial charge in [-0.2, -0.15) is 5.10 Å². The average Bonchev–Trinajstić information content (AvgIpc) is 3.06. The topological polar surface area (TPSA) is 33.1 Å². The van der Waals surface area contributed by atoms with Gasteiger partial charge in [0.05, 0.1) is 5.69 Å². The molecule has 1 aromatic heterocycles. The quantitative estimate of drug-likeness (QED) is 0.725. The van der Waals surface area contributed by atoms with Crippen molar-refractivity contribution in [3.63, 3.8) is 0 Å². The minimum Gasteiger partial charge on any atom is -0.311 e. The van der Waals surface area contributed by atoms with Gasteiger partial charge in [0.1, 0.15) is 0 Å². The van der Waals surface area contributed by atoms with Crippen molar-refractivity contribution in [1.29, 1.82) is 0 Å². The van der Waals surface area contributed by atoms with Gasteiger partial charge in [-0.15, -0.1) is 0 Å². The summed E-state index contributed by atoms with van der Waals surface area (Å²) in [6.07, 6.45) is 4.89. The number of aryl methyl sites for hydroxylation is 2. The highest BCUT2D eigenvalue weighted by Gasteiger charge is 2.26. The first-order chi connectivity index (χ1) is 8.20. The van der Waals surface area contributed by atoms with Crippen molar-refractivity contribution in [1.82, 2.24) is 20.0 Å². The molecule has 0 amide bonds. The van der Waals surface area contributed by atoms with Gasteiger partial charge in [-0.05, 0) is 26.3 Å². The third-order valence-electron chi connectivity index (χ3n) is 3.48. The Kier molecular flexibility index (Phi) is 4.18. The van der Waals surface area contributed by atoms with Crippen molar-refractivity contribution in [3.05, 3.63) is 17.5 Å². The van der Waals surface area contributed by atoms with Gasteiger partial charge in [-0.25, -0.2) is 0 Å². The number of nitrogens with one attached hydrogen (secondary N) is 1. The molecule has 0 bridgehead atoms. The van der Waals surface area contributed by atoms with Gasteiger partial charge in [0.2, 0.25) is 0 Å². The Balaban J connectivity index is 1.67. The second-order valence-corrected chi connectivity index (χ2v) is 4.95. The number of likely N-dealkylation sites (N-methyl/N-ethyl adjacent to an activating group) is 1. The maximum Gasteiger partial charge on any atom is 0.0638 e. The first kappa shape index (κ1) is 12.6. The Morgan fingerprint density at radius 1 is 1.53 bits per heavy atom. The van der Waals surface area contributed by atoms with Crippen LogP contribution in [-0.2, 0) is 13.6 Å². The van der Waals surface area contributed by atoms with Crippen LogP contribution in [0.5, 0.6) is 0 Å². The van der Waals surface area contributed by atoms with Crippen LogP contribution in [0.1, 0.15) is 31.0 Å². The summed E-state index contributed by atoms with van der Waals surface area (Å²) in [5, 5.41) is 7.85. The minimum absolute atomic E-state index is 0.877. The molecule has 1 saturated carbocycles. The number of aromatic nitrogens is 2. The summed E-state index contributed by atoms with van der Waals surface area (Å²) in [6.45, 7) is 8.67. The fraction of sp³-hybridized carbons (Fsp3) is 0.769. The fourth-order valence-corrected chi connectivity index (χ4v) is 2.31. The van der Waals surface area contributed by atoms with E-state index >= 15 is 0 Å². The van der Waals surface area contributed by atoms with Crippen LogP contribution in [0.25, 0.3) is 0 Å². The molecule has 0 saturated heterocycles. The lowest BCUT2D eigenvalue weighted by Crippen LogP contribution is -2.33. The number of hydrogen-bond acceptors (Lipinski definition) is 3. The lowest BCUT2D eigenvalue weighted by molar-refractivity contribution is 0.277. The standard InChI is InChI=1S/C13H24N4/c1-4-17(13-5-6-13)8-7-14-9-12-10-16(3)15-11(12)2/h10,13-14H,4-9H2,1-3H3. The van der Waals surface area contributed by atoms with Crippen LogP contribution < -0.4 is 5.32 Å². The van der Waals surface area contributed by atoms with E-state index in [9.17, 15) is 0 Å². The van der Waals surface area contributed by atoms with E-state index in [1.807, 2.05) is 11.7 Å². The molecule has 17 heavy (non-hydrogen) atoms. The molecule has 1 aliphatic rings. The van der Waals surface area contributed by atoms with Crippen LogP contribution in [0.2, 0.25) is 0 Å². The van der Waals surface area contributed by atoms with Crippen LogP contribution >= 0.6 is 0 Å². The Hall–Kier alpha value is -0.870. The van der Waals surface area contributed by atoms with Crippen LogP contribution in [-0.4, -0.2) is 40.4 Å². The van der Waals surface area contributed by atoms with E-state index in [1.54, 1.807) is 0 Å². The smallest absolute Gasteiger partial charge is 0.0638 e. The molecule has 4 nitrogen and oxygen atoms in total. The van der Waals surface area contributed by atoms with Crippen LogP contribution in [0, 0.1) is 6.92 Å². The van der Waals surface area contributed by atoms with Gasteiger partial charge in [0.15, 0.2) is 0 Å². The molecule has 0 aromatic carbocycles. The van der Waals surface area contributed by atoms with Crippen LogP contribution in [0.4, 0.5) is 0 Å². The van der Waals surface area contributed by atoms with E-state index in [2.05, 4.69) is 35.4 Å². The normalized spacial score (nSPS) is 15.8. The minimum atomic E-state index is 0.877.